The smallest absolute Gasteiger partial charge is 0.187 e. The monoisotopic (exact) mass is 582 g/mol. The van der Waals surface area contributed by atoms with Gasteiger partial charge in [-0.25, -0.2) is 0 Å². The topological polar surface area (TPSA) is 55.4 Å². The van der Waals surface area contributed by atoms with E-state index in [0.29, 0.717) is 33.0 Å². The van der Waals surface area contributed by atoms with Crippen molar-refractivity contribution in [1.82, 2.24) is 0 Å². The minimum Gasteiger partial charge on any atom is -0.374 e. The zero-order chi connectivity index (χ0) is 29.7. The first-order valence-electron chi connectivity index (χ1n) is 15.0. The third-order valence-electron chi connectivity index (χ3n) is 7.25. The Bertz CT molecular complexity index is 1300. The number of rotatable bonds is 15. The highest BCUT2D eigenvalue weighted by Crippen LogP contribution is 2.32. The third kappa shape index (κ3) is 9.57. The summed E-state index contributed by atoms with van der Waals surface area (Å²) in [5.74, 6) is 0. The number of hydrogen-bond donors (Lipinski definition) is 0. The van der Waals surface area contributed by atoms with E-state index in [1.165, 1.54) is 0 Å². The molecule has 1 fully saturated rings. The summed E-state index contributed by atoms with van der Waals surface area (Å²) in [6.07, 6.45) is -2.73. The lowest BCUT2D eigenvalue weighted by Crippen LogP contribution is -2.62. The van der Waals surface area contributed by atoms with E-state index in [2.05, 4.69) is 36.4 Å². The molecule has 0 bridgehead atoms. The molecule has 0 N–H and O–H groups in total. The second-order valence-electron chi connectivity index (χ2n) is 11.0. The van der Waals surface area contributed by atoms with Gasteiger partial charge in [-0.05, 0) is 36.1 Å². The van der Waals surface area contributed by atoms with Crippen molar-refractivity contribution in [1.29, 1.82) is 0 Å². The van der Waals surface area contributed by atoms with Crippen molar-refractivity contribution >= 4 is 0 Å². The van der Waals surface area contributed by atoms with Crippen molar-refractivity contribution in [2.45, 2.75) is 77.1 Å². The van der Waals surface area contributed by atoms with Crippen LogP contribution in [0.15, 0.2) is 121 Å². The molecule has 0 aromatic heterocycles. The molecule has 6 nitrogen and oxygen atoms in total. The van der Waals surface area contributed by atoms with Gasteiger partial charge in [-0.3, -0.25) is 0 Å². The SMILES string of the molecule is CC(C)O[C@H]1O[C@H](COCc2ccccc2)[C@@H](OCc2ccccc2)[C@H](OCc2ccccc2)[C@@H]1OCc1ccccc1. The lowest BCUT2D eigenvalue weighted by molar-refractivity contribution is -0.334. The van der Waals surface area contributed by atoms with E-state index in [9.17, 15) is 0 Å². The van der Waals surface area contributed by atoms with Crippen molar-refractivity contribution in [2.24, 2.45) is 0 Å². The first-order valence-corrected chi connectivity index (χ1v) is 15.0. The van der Waals surface area contributed by atoms with Gasteiger partial charge in [0.2, 0.25) is 0 Å². The van der Waals surface area contributed by atoms with Gasteiger partial charge in [0.15, 0.2) is 6.29 Å². The molecule has 0 saturated carbocycles. The van der Waals surface area contributed by atoms with Gasteiger partial charge in [0.1, 0.15) is 24.4 Å². The van der Waals surface area contributed by atoms with Gasteiger partial charge in [-0.1, -0.05) is 121 Å². The molecule has 5 rings (SSSR count). The van der Waals surface area contributed by atoms with E-state index in [0.717, 1.165) is 22.3 Å². The minimum atomic E-state index is -0.675. The molecule has 1 heterocycles. The summed E-state index contributed by atoms with van der Waals surface area (Å²) in [5.41, 5.74) is 4.28. The van der Waals surface area contributed by atoms with Crippen LogP contribution in [0.1, 0.15) is 36.1 Å². The van der Waals surface area contributed by atoms with Crippen molar-refractivity contribution < 1.29 is 28.4 Å². The van der Waals surface area contributed by atoms with Crippen LogP contribution in [0.25, 0.3) is 0 Å². The van der Waals surface area contributed by atoms with E-state index < -0.39 is 30.7 Å². The van der Waals surface area contributed by atoms with Crippen LogP contribution in [0.4, 0.5) is 0 Å². The van der Waals surface area contributed by atoms with Gasteiger partial charge in [0, 0.05) is 0 Å². The zero-order valence-corrected chi connectivity index (χ0v) is 25.0. The number of benzene rings is 4. The summed E-state index contributed by atoms with van der Waals surface area (Å²) in [6, 6.07) is 40.5. The first-order chi connectivity index (χ1) is 21.2. The highest BCUT2D eigenvalue weighted by atomic mass is 16.7. The quantitative estimate of drug-likeness (QED) is 0.149. The lowest BCUT2D eigenvalue weighted by atomic mass is 9.97. The standard InChI is InChI=1S/C37H42O6/c1-28(2)42-37-36(41-26-32-21-13-6-14-22-32)35(40-25-31-19-11-5-12-20-31)34(39-24-30-17-9-4-10-18-30)33(43-37)27-38-23-29-15-7-3-8-16-29/h3-22,28,33-37H,23-27H2,1-2H3/t33-,34-,35+,36+,37+/m1/s1. The van der Waals surface area contributed by atoms with Gasteiger partial charge >= 0.3 is 0 Å². The second kappa shape index (κ2) is 16.5. The molecule has 6 heteroatoms. The van der Waals surface area contributed by atoms with Crippen LogP contribution >= 0.6 is 0 Å². The fraction of sp³-hybridized carbons (Fsp3) is 0.351. The fourth-order valence-electron chi connectivity index (χ4n) is 5.12. The van der Waals surface area contributed by atoms with Crippen molar-refractivity contribution in [3.8, 4) is 0 Å². The van der Waals surface area contributed by atoms with Crippen molar-refractivity contribution in [3.05, 3.63) is 144 Å². The van der Waals surface area contributed by atoms with Gasteiger partial charge in [0.25, 0.3) is 0 Å². The molecule has 4 aromatic carbocycles. The number of hydrogen-bond acceptors (Lipinski definition) is 6. The van der Waals surface area contributed by atoms with E-state index in [1.54, 1.807) is 0 Å². The molecular weight excluding hydrogens is 540 g/mol. The van der Waals surface area contributed by atoms with Crippen molar-refractivity contribution in [2.75, 3.05) is 6.61 Å². The second-order valence-corrected chi connectivity index (χ2v) is 11.0. The Morgan fingerprint density at radius 2 is 0.907 bits per heavy atom. The molecule has 4 aromatic rings. The summed E-state index contributed by atoms with van der Waals surface area (Å²) >= 11 is 0. The van der Waals surface area contributed by atoms with Crippen LogP contribution in [-0.2, 0) is 54.8 Å². The maximum absolute atomic E-state index is 6.71. The molecule has 0 unspecified atom stereocenters. The van der Waals surface area contributed by atoms with Gasteiger partial charge < -0.3 is 28.4 Å². The third-order valence-corrected chi connectivity index (χ3v) is 7.25. The first kappa shape index (κ1) is 31.1. The average Bonchev–Trinajstić information content (AvgIpc) is 3.04. The van der Waals surface area contributed by atoms with Crippen LogP contribution in [0.2, 0.25) is 0 Å². The molecule has 1 aliphatic rings. The molecule has 226 valence electrons. The summed E-state index contributed by atoms with van der Waals surface area (Å²) in [6.45, 7) is 5.95. The Labute approximate surface area is 255 Å². The summed E-state index contributed by atoms with van der Waals surface area (Å²) in [4.78, 5) is 0. The molecular formula is C37H42O6. The van der Waals surface area contributed by atoms with Crippen LogP contribution in [0, 0.1) is 0 Å². The Kier molecular flexibility index (Phi) is 11.9. The lowest BCUT2D eigenvalue weighted by Gasteiger charge is -2.46. The molecule has 0 radical (unpaired) electrons. The van der Waals surface area contributed by atoms with Crippen LogP contribution < -0.4 is 0 Å². The largest absolute Gasteiger partial charge is 0.374 e. The fourth-order valence-corrected chi connectivity index (χ4v) is 5.12. The summed E-state index contributed by atoms with van der Waals surface area (Å²) < 4.78 is 39.2. The zero-order valence-electron chi connectivity index (χ0n) is 25.0. The van der Waals surface area contributed by atoms with Gasteiger partial charge in [-0.15, -0.1) is 0 Å². The van der Waals surface area contributed by atoms with Gasteiger partial charge in [0.05, 0.1) is 39.1 Å². The number of ether oxygens (including phenoxy) is 6. The predicted molar refractivity (Wildman–Crippen MR) is 166 cm³/mol. The van der Waals surface area contributed by atoms with Crippen LogP contribution in [-0.4, -0.2) is 43.4 Å². The molecule has 43 heavy (non-hydrogen) atoms. The van der Waals surface area contributed by atoms with E-state index in [4.69, 9.17) is 28.4 Å². The Balaban J connectivity index is 1.42. The summed E-state index contributed by atoms with van der Waals surface area (Å²) in [5, 5.41) is 0. The highest BCUT2D eigenvalue weighted by molar-refractivity contribution is 5.16. The van der Waals surface area contributed by atoms with E-state index >= 15 is 0 Å². The Morgan fingerprint density at radius 1 is 0.512 bits per heavy atom. The molecule has 0 amide bonds. The molecule has 1 aliphatic heterocycles. The predicted octanol–water partition coefficient (Wildman–Crippen LogP) is 7.11. The maximum atomic E-state index is 6.71. The van der Waals surface area contributed by atoms with E-state index in [-0.39, 0.29) is 6.10 Å². The highest BCUT2D eigenvalue weighted by Gasteiger charge is 2.49. The molecule has 0 spiro atoms. The normalized spacial score (nSPS) is 22.1. The van der Waals surface area contributed by atoms with Crippen LogP contribution in [0.5, 0.6) is 0 Å². The molecule has 5 atom stereocenters. The molecule has 0 aliphatic carbocycles. The van der Waals surface area contributed by atoms with E-state index in [1.807, 2.05) is 98.8 Å². The van der Waals surface area contributed by atoms with Gasteiger partial charge in [-0.2, -0.15) is 0 Å². The molecule has 1 saturated heterocycles. The average molecular weight is 583 g/mol. The maximum Gasteiger partial charge on any atom is 0.187 e. The summed E-state index contributed by atoms with van der Waals surface area (Å²) in [7, 11) is 0. The van der Waals surface area contributed by atoms with Crippen LogP contribution in [0.3, 0.4) is 0 Å². The Hall–Kier alpha value is -3.36. The minimum absolute atomic E-state index is 0.0877. The Morgan fingerprint density at radius 3 is 1.35 bits per heavy atom. The van der Waals surface area contributed by atoms with Crippen molar-refractivity contribution in [3.63, 3.8) is 0 Å².